The molecule has 0 aliphatic heterocycles. The first kappa shape index (κ1) is 7.43. The molecule has 2 nitrogen and oxygen atoms in total. The summed E-state index contributed by atoms with van der Waals surface area (Å²) < 4.78 is 0. The molecule has 2 aromatic heterocycles. The quantitative estimate of drug-likeness (QED) is 0.664. The van der Waals surface area contributed by atoms with Crippen molar-refractivity contribution in [1.29, 1.82) is 0 Å². The van der Waals surface area contributed by atoms with Gasteiger partial charge in [-0.05, 0) is 19.1 Å². The monoisotopic (exact) mass is 175 g/mol. The lowest BCUT2D eigenvalue weighted by molar-refractivity contribution is 1.27. The summed E-state index contributed by atoms with van der Waals surface area (Å²) in [4.78, 5) is 8.18. The summed E-state index contributed by atoms with van der Waals surface area (Å²) in [5, 5.41) is 3.13. The van der Waals surface area contributed by atoms with E-state index in [2.05, 4.69) is 16.2 Å². The van der Waals surface area contributed by atoms with Crippen molar-refractivity contribution in [3.8, 4) is 11.3 Å². The Morgan fingerprint density at radius 1 is 1.50 bits per heavy atom. The predicted molar refractivity (Wildman–Crippen MR) is 48.9 cm³/mol. The number of pyridine rings is 1. The smallest absolute Gasteiger partial charge is 0.0901 e. The molecule has 1 radical (unpaired) electrons. The Hall–Kier alpha value is -1.22. The Labute approximate surface area is 74.9 Å². The van der Waals surface area contributed by atoms with Crippen molar-refractivity contribution in [1.82, 2.24) is 9.97 Å². The molecule has 0 aliphatic rings. The molecule has 0 spiro atoms. The van der Waals surface area contributed by atoms with Crippen molar-refractivity contribution in [3.05, 3.63) is 34.9 Å². The van der Waals surface area contributed by atoms with Crippen LogP contribution in [0, 0.1) is 13.1 Å². The zero-order valence-electron chi connectivity index (χ0n) is 6.61. The van der Waals surface area contributed by atoms with E-state index >= 15 is 0 Å². The third-order valence-corrected chi connectivity index (χ3v) is 2.31. The molecule has 0 bridgehead atoms. The first-order valence-corrected chi connectivity index (χ1v) is 4.49. The molecule has 0 fully saturated rings. The van der Waals surface area contributed by atoms with E-state index in [0.29, 0.717) is 0 Å². The van der Waals surface area contributed by atoms with E-state index in [1.54, 1.807) is 17.5 Å². The molecular formula is C9H7N2S. The predicted octanol–water partition coefficient (Wildman–Crippen LogP) is 2.31. The first-order chi connectivity index (χ1) is 5.86. The highest BCUT2D eigenvalue weighted by Crippen LogP contribution is 2.19. The molecule has 0 aromatic carbocycles. The highest BCUT2D eigenvalue weighted by molar-refractivity contribution is 7.09. The molecule has 12 heavy (non-hydrogen) atoms. The third kappa shape index (κ3) is 1.36. The number of hydrogen-bond acceptors (Lipinski definition) is 3. The van der Waals surface area contributed by atoms with E-state index in [1.165, 1.54) is 0 Å². The van der Waals surface area contributed by atoms with E-state index in [9.17, 15) is 0 Å². The van der Waals surface area contributed by atoms with Gasteiger partial charge in [-0.2, -0.15) is 0 Å². The number of thiazole rings is 1. The number of aryl methyl sites for hydroxylation is 1. The van der Waals surface area contributed by atoms with Gasteiger partial charge in [0.15, 0.2) is 0 Å². The van der Waals surface area contributed by atoms with Gasteiger partial charge in [-0.15, -0.1) is 11.3 Å². The average molecular weight is 175 g/mol. The molecule has 0 atom stereocenters. The van der Waals surface area contributed by atoms with Crippen LogP contribution in [0.1, 0.15) is 5.01 Å². The van der Waals surface area contributed by atoms with Crippen molar-refractivity contribution >= 4 is 11.3 Å². The fourth-order valence-corrected chi connectivity index (χ4v) is 1.59. The van der Waals surface area contributed by atoms with Crippen LogP contribution in [0.3, 0.4) is 0 Å². The highest BCUT2D eigenvalue weighted by atomic mass is 32.1. The zero-order valence-corrected chi connectivity index (χ0v) is 7.43. The Balaban J connectivity index is 2.45. The molecule has 3 heteroatoms. The van der Waals surface area contributed by atoms with Crippen molar-refractivity contribution < 1.29 is 0 Å². The lowest BCUT2D eigenvalue weighted by Gasteiger charge is -1.91. The number of hydrogen-bond donors (Lipinski definition) is 0. The van der Waals surface area contributed by atoms with Gasteiger partial charge < -0.3 is 0 Å². The van der Waals surface area contributed by atoms with Crippen LogP contribution in [0.25, 0.3) is 11.3 Å². The summed E-state index contributed by atoms with van der Waals surface area (Å²) in [5.74, 6) is 0. The fourth-order valence-electron chi connectivity index (χ4n) is 0.971. The van der Waals surface area contributed by atoms with Gasteiger partial charge in [0.2, 0.25) is 0 Å². The molecule has 0 aliphatic carbocycles. The Bertz CT molecular complexity index is 367. The highest BCUT2D eigenvalue weighted by Gasteiger charge is 1.99. The summed E-state index contributed by atoms with van der Waals surface area (Å²) in [6.07, 6.45) is 4.51. The summed E-state index contributed by atoms with van der Waals surface area (Å²) in [6.45, 7) is 2.00. The van der Waals surface area contributed by atoms with Gasteiger partial charge in [-0.3, -0.25) is 4.98 Å². The molecule has 2 rings (SSSR count). The minimum Gasteiger partial charge on any atom is -0.255 e. The minimum atomic E-state index is 1.01. The van der Waals surface area contributed by atoms with Gasteiger partial charge in [0, 0.05) is 17.1 Å². The third-order valence-electron chi connectivity index (χ3n) is 1.54. The topological polar surface area (TPSA) is 25.8 Å². The summed E-state index contributed by atoms with van der Waals surface area (Å²) >= 11 is 1.65. The maximum absolute atomic E-state index is 4.35. The zero-order chi connectivity index (χ0) is 8.39. The second-order valence-corrected chi connectivity index (χ2v) is 3.49. The Kier molecular flexibility index (Phi) is 1.87. The van der Waals surface area contributed by atoms with Crippen molar-refractivity contribution in [2.75, 3.05) is 0 Å². The number of nitrogens with zero attached hydrogens (tertiary/aromatic N) is 2. The molecule has 0 saturated heterocycles. The van der Waals surface area contributed by atoms with Crippen LogP contribution < -0.4 is 0 Å². The molecule has 0 unspecified atom stereocenters. The molecular weight excluding hydrogens is 168 g/mol. The van der Waals surface area contributed by atoms with E-state index in [1.807, 2.05) is 24.4 Å². The van der Waals surface area contributed by atoms with Crippen LogP contribution in [0.2, 0.25) is 0 Å². The molecule has 0 saturated carbocycles. The van der Waals surface area contributed by atoms with Crippen molar-refractivity contribution in [2.24, 2.45) is 0 Å². The minimum absolute atomic E-state index is 1.01. The van der Waals surface area contributed by atoms with E-state index < -0.39 is 0 Å². The van der Waals surface area contributed by atoms with Crippen LogP contribution in [-0.4, -0.2) is 9.97 Å². The maximum atomic E-state index is 4.35. The molecule has 0 amide bonds. The largest absolute Gasteiger partial charge is 0.255 e. The first-order valence-electron chi connectivity index (χ1n) is 3.61. The number of rotatable bonds is 1. The molecule has 2 aromatic rings. The van der Waals surface area contributed by atoms with Gasteiger partial charge in [-0.1, -0.05) is 0 Å². The second-order valence-electron chi connectivity index (χ2n) is 2.43. The van der Waals surface area contributed by atoms with Crippen LogP contribution >= 0.6 is 11.3 Å². The van der Waals surface area contributed by atoms with Gasteiger partial charge in [0.25, 0.3) is 0 Å². The van der Waals surface area contributed by atoms with Crippen molar-refractivity contribution in [2.45, 2.75) is 6.92 Å². The SMILES string of the molecule is Cc1nc(-c2c[c]ncc2)cs1. The van der Waals surface area contributed by atoms with Gasteiger partial charge in [-0.25, -0.2) is 4.98 Å². The molecule has 2 heterocycles. The average Bonchev–Trinajstić information content (AvgIpc) is 2.54. The van der Waals surface area contributed by atoms with Crippen LogP contribution in [0.5, 0.6) is 0 Å². The maximum Gasteiger partial charge on any atom is 0.0901 e. The Morgan fingerprint density at radius 2 is 2.42 bits per heavy atom. The number of aromatic nitrogens is 2. The van der Waals surface area contributed by atoms with E-state index in [-0.39, 0.29) is 0 Å². The van der Waals surface area contributed by atoms with Crippen LogP contribution in [-0.2, 0) is 0 Å². The summed E-state index contributed by atoms with van der Waals surface area (Å²) in [7, 11) is 0. The summed E-state index contributed by atoms with van der Waals surface area (Å²) in [5.41, 5.74) is 2.09. The fraction of sp³-hybridized carbons (Fsp3) is 0.111. The van der Waals surface area contributed by atoms with Gasteiger partial charge >= 0.3 is 0 Å². The van der Waals surface area contributed by atoms with Gasteiger partial charge in [0.05, 0.1) is 16.9 Å². The second kappa shape index (κ2) is 3.03. The van der Waals surface area contributed by atoms with E-state index in [4.69, 9.17) is 0 Å². The van der Waals surface area contributed by atoms with E-state index in [0.717, 1.165) is 16.3 Å². The molecule has 59 valence electrons. The molecule has 0 N–H and O–H groups in total. The summed E-state index contributed by atoms with van der Waals surface area (Å²) in [6, 6.07) is 3.78. The lowest BCUT2D eigenvalue weighted by Crippen LogP contribution is -1.78. The standard InChI is InChI=1S/C9H7N2S/c1-7-11-9(6-12-7)8-2-4-10-5-3-8/h2-4,6H,1H3. The van der Waals surface area contributed by atoms with Crippen LogP contribution in [0.4, 0.5) is 0 Å². The van der Waals surface area contributed by atoms with Crippen molar-refractivity contribution in [3.63, 3.8) is 0 Å². The lowest BCUT2D eigenvalue weighted by atomic mass is 10.2. The van der Waals surface area contributed by atoms with Gasteiger partial charge in [0.1, 0.15) is 0 Å². The Morgan fingerprint density at radius 3 is 3.00 bits per heavy atom. The normalized spacial score (nSPS) is 10.1. The van der Waals surface area contributed by atoms with Crippen LogP contribution in [0.15, 0.2) is 23.7 Å².